The molecule has 0 saturated carbocycles. The molecule has 3 fully saturated rings. The highest BCUT2D eigenvalue weighted by molar-refractivity contribution is 6.33. The molecule has 2 atom stereocenters. The average Bonchev–Trinajstić information content (AvgIpc) is 3.09. The molecule has 0 unspecified atom stereocenters. The van der Waals surface area contributed by atoms with E-state index in [0.29, 0.717) is 34.1 Å². The standard InChI is InChI=1S/C18H20ClN3O2/c1-11-17(12-5-8-22(11)9-6-12)21-18(23)16-3-2-15(24-16)13-10-20-7-4-14(13)19/h2-4,7,10-12,17H,5-6,8-9H2,1H3,(H,21,23)/t11-,17+/m1/s1. The van der Waals surface area contributed by atoms with Gasteiger partial charge in [0.15, 0.2) is 5.76 Å². The van der Waals surface area contributed by atoms with Crippen molar-refractivity contribution >= 4 is 17.5 Å². The Morgan fingerprint density at radius 2 is 2.12 bits per heavy atom. The molecule has 1 N–H and O–H groups in total. The molecule has 0 aromatic carbocycles. The minimum absolute atomic E-state index is 0.160. The summed E-state index contributed by atoms with van der Waals surface area (Å²) < 4.78 is 5.72. The Kier molecular flexibility index (Phi) is 4.06. The minimum Gasteiger partial charge on any atom is -0.451 e. The van der Waals surface area contributed by atoms with Gasteiger partial charge in [0.05, 0.1) is 10.6 Å². The van der Waals surface area contributed by atoms with Gasteiger partial charge in [-0.2, -0.15) is 0 Å². The number of piperidine rings is 3. The van der Waals surface area contributed by atoms with Crippen LogP contribution in [0, 0.1) is 5.92 Å². The van der Waals surface area contributed by atoms with Crippen molar-refractivity contribution in [2.24, 2.45) is 5.92 Å². The van der Waals surface area contributed by atoms with Crippen molar-refractivity contribution in [2.45, 2.75) is 31.8 Å². The fourth-order valence-corrected chi connectivity index (χ4v) is 4.13. The first-order chi connectivity index (χ1) is 11.6. The first kappa shape index (κ1) is 15.7. The van der Waals surface area contributed by atoms with Crippen LogP contribution in [0.1, 0.15) is 30.3 Å². The molecule has 5 rings (SSSR count). The Morgan fingerprint density at radius 1 is 1.33 bits per heavy atom. The lowest BCUT2D eigenvalue weighted by atomic mass is 9.79. The number of halogens is 1. The fraction of sp³-hybridized carbons (Fsp3) is 0.444. The van der Waals surface area contributed by atoms with Crippen LogP contribution < -0.4 is 5.32 Å². The van der Waals surface area contributed by atoms with E-state index in [1.165, 1.54) is 0 Å². The monoisotopic (exact) mass is 345 g/mol. The smallest absolute Gasteiger partial charge is 0.287 e. The third-order valence-corrected chi connectivity index (χ3v) is 5.67. The Morgan fingerprint density at radius 3 is 2.83 bits per heavy atom. The Hall–Kier alpha value is -1.85. The van der Waals surface area contributed by atoms with Crippen molar-refractivity contribution in [3.05, 3.63) is 41.4 Å². The molecule has 5 heterocycles. The largest absolute Gasteiger partial charge is 0.451 e. The number of nitrogens with zero attached hydrogens (tertiary/aromatic N) is 2. The molecule has 2 aromatic rings. The van der Waals surface area contributed by atoms with Gasteiger partial charge in [-0.25, -0.2) is 0 Å². The molecule has 6 heteroatoms. The van der Waals surface area contributed by atoms with Gasteiger partial charge in [-0.15, -0.1) is 0 Å². The molecule has 1 amide bonds. The number of aromatic nitrogens is 1. The number of carbonyl (C=O) groups excluding carboxylic acids is 1. The van der Waals surface area contributed by atoms with E-state index in [1.54, 1.807) is 30.6 Å². The Balaban J connectivity index is 1.51. The van der Waals surface area contributed by atoms with Crippen LogP contribution in [0.4, 0.5) is 0 Å². The summed E-state index contributed by atoms with van der Waals surface area (Å²) in [5.41, 5.74) is 0.689. The highest BCUT2D eigenvalue weighted by Gasteiger charge is 2.40. The maximum absolute atomic E-state index is 12.6. The van der Waals surface area contributed by atoms with Crippen molar-refractivity contribution in [1.82, 2.24) is 15.2 Å². The maximum atomic E-state index is 12.6. The predicted molar refractivity (Wildman–Crippen MR) is 92.0 cm³/mol. The molecule has 0 aliphatic carbocycles. The topological polar surface area (TPSA) is 58.4 Å². The Labute approximate surface area is 146 Å². The van der Waals surface area contributed by atoms with Gasteiger partial charge in [0.1, 0.15) is 5.76 Å². The molecule has 0 radical (unpaired) electrons. The maximum Gasteiger partial charge on any atom is 0.287 e. The third-order valence-electron chi connectivity index (χ3n) is 5.34. The summed E-state index contributed by atoms with van der Waals surface area (Å²) in [5.74, 6) is 1.27. The van der Waals surface area contributed by atoms with Crippen molar-refractivity contribution in [3.8, 4) is 11.3 Å². The zero-order valence-corrected chi connectivity index (χ0v) is 14.3. The van der Waals surface area contributed by atoms with Crippen molar-refractivity contribution < 1.29 is 9.21 Å². The van der Waals surface area contributed by atoms with E-state index in [0.717, 1.165) is 25.9 Å². The highest BCUT2D eigenvalue weighted by Crippen LogP contribution is 2.33. The van der Waals surface area contributed by atoms with Crippen molar-refractivity contribution in [1.29, 1.82) is 0 Å². The summed E-state index contributed by atoms with van der Waals surface area (Å²) in [6, 6.07) is 5.73. The van der Waals surface area contributed by atoms with Crippen LogP contribution in [0.2, 0.25) is 5.02 Å². The first-order valence-corrected chi connectivity index (χ1v) is 8.76. The summed E-state index contributed by atoms with van der Waals surface area (Å²) in [6.45, 7) is 4.48. The molecule has 3 aliphatic rings. The van der Waals surface area contributed by atoms with Crippen molar-refractivity contribution in [2.75, 3.05) is 13.1 Å². The molecule has 0 spiro atoms. The minimum atomic E-state index is -0.160. The lowest BCUT2D eigenvalue weighted by Crippen LogP contribution is -2.62. The lowest BCUT2D eigenvalue weighted by molar-refractivity contribution is 0.0211. The number of nitrogens with one attached hydrogen (secondary N) is 1. The summed E-state index contributed by atoms with van der Waals surface area (Å²) in [7, 11) is 0. The van der Waals surface area contributed by atoms with Gasteiger partial charge in [-0.3, -0.25) is 14.7 Å². The van der Waals surface area contributed by atoms with Crippen LogP contribution >= 0.6 is 11.6 Å². The number of hydrogen-bond donors (Lipinski definition) is 1. The average molecular weight is 346 g/mol. The van der Waals surface area contributed by atoms with Gasteiger partial charge in [0.25, 0.3) is 5.91 Å². The van der Waals surface area contributed by atoms with Crippen LogP contribution in [0.3, 0.4) is 0 Å². The molecule has 24 heavy (non-hydrogen) atoms. The third kappa shape index (κ3) is 2.72. The molecule has 3 saturated heterocycles. The second-order valence-electron chi connectivity index (χ2n) is 6.63. The molecular formula is C18H20ClN3O2. The Bertz CT molecular complexity index is 750. The second kappa shape index (κ2) is 6.22. The fourth-order valence-electron chi connectivity index (χ4n) is 3.93. The highest BCUT2D eigenvalue weighted by atomic mass is 35.5. The lowest BCUT2D eigenvalue weighted by Gasteiger charge is -2.49. The second-order valence-corrected chi connectivity index (χ2v) is 7.04. The molecule has 3 aliphatic heterocycles. The van der Waals surface area contributed by atoms with Gasteiger partial charge < -0.3 is 9.73 Å². The SMILES string of the molecule is C[C@@H]1[C@H](NC(=O)c2ccc(-c3cnccc3Cl)o2)C2CCN1CC2. The number of hydrogen-bond acceptors (Lipinski definition) is 4. The van der Waals surface area contributed by atoms with E-state index in [-0.39, 0.29) is 11.9 Å². The summed E-state index contributed by atoms with van der Waals surface area (Å²) in [4.78, 5) is 19.1. The van der Waals surface area contributed by atoms with E-state index < -0.39 is 0 Å². The number of amides is 1. The van der Waals surface area contributed by atoms with E-state index in [4.69, 9.17) is 16.0 Å². The number of carbonyl (C=O) groups is 1. The van der Waals surface area contributed by atoms with Crippen LogP contribution in [0.15, 0.2) is 35.0 Å². The van der Waals surface area contributed by atoms with Gasteiger partial charge in [-0.05, 0) is 57.0 Å². The van der Waals surface area contributed by atoms with Gasteiger partial charge >= 0.3 is 0 Å². The number of furan rings is 1. The number of fused-ring (bicyclic) bond motifs is 3. The van der Waals surface area contributed by atoms with Crippen molar-refractivity contribution in [3.63, 3.8) is 0 Å². The molecule has 2 bridgehead atoms. The quantitative estimate of drug-likeness (QED) is 0.928. The zero-order chi connectivity index (χ0) is 16.7. The molecular weight excluding hydrogens is 326 g/mol. The molecule has 2 aromatic heterocycles. The summed E-state index contributed by atoms with van der Waals surface area (Å²) in [5, 5.41) is 3.73. The van der Waals surface area contributed by atoms with Crippen LogP contribution in [0.5, 0.6) is 0 Å². The zero-order valence-electron chi connectivity index (χ0n) is 13.5. The van der Waals surface area contributed by atoms with E-state index in [1.807, 2.05) is 0 Å². The van der Waals surface area contributed by atoms with E-state index >= 15 is 0 Å². The summed E-state index contributed by atoms with van der Waals surface area (Å²) >= 11 is 6.16. The van der Waals surface area contributed by atoms with Crippen LogP contribution in [-0.2, 0) is 0 Å². The number of pyridine rings is 1. The van der Waals surface area contributed by atoms with E-state index in [9.17, 15) is 4.79 Å². The first-order valence-electron chi connectivity index (χ1n) is 8.38. The summed E-state index contributed by atoms with van der Waals surface area (Å²) in [6.07, 6.45) is 5.57. The van der Waals surface area contributed by atoms with Gasteiger partial charge in [-0.1, -0.05) is 11.6 Å². The van der Waals surface area contributed by atoms with Crippen LogP contribution in [0.25, 0.3) is 11.3 Å². The van der Waals surface area contributed by atoms with E-state index in [2.05, 4.69) is 22.1 Å². The molecule has 126 valence electrons. The van der Waals surface area contributed by atoms with Gasteiger partial charge in [0.2, 0.25) is 0 Å². The molecule has 5 nitrogen and oxygen atoms in total. The normalized spacial score (nSPS) is 28.8. The van der Waals surface area contributed by atoms with Gasteiger partial charge in [0, 0.05) is 24.5 Å². The van der Waals surface area contributed by atoms with Crippen LogP contribution in [-0.4, -0.2) is 41.0 Å². The number of rotatable bonds is 3. The predicted octanol–water partition coefficient (Wildman–Crippen LogP) is 3.21.